The van der Waals surface area contributed by atoms with E-state index in [0.717, 1.165) is 0 Å². The number of anilines is 1. The number of ketones is 1. The summed E-state index contributed by atoms with van der Waals surface area (Å²) >= 11 is 12.1. The Hall–Kier alpha value is -2.37. The predicted octanol–water partition coefficient (Wildman–Crippen LogP) is 4.44. The molecule has 1 aliphatic rings. The third kappa shape index (κ3) is 4.15. The molecule has 3 rings (SSSR count). The highest BCUT2D eigenvalue weighted by molar-refractivity contribution is 6.35. The number of para-hydroxylation sites is 1. The smallest absolute Gasteiger partial charge is 0.256 e. The molecule has 2 amide bonds. The van der Waals surface area contributed by atoms with Crippen LogP contribution in [0, 0.1) is 0 Å². The Labute approximate surface area is 167 Å². The number of benzene rings is 2. The second-order valence-corrected chi connectivity index (χ2v) is 7.22. The van der Waals surface area contributed by atoms with Crippen LogP contribution in [0.1, 0.15) is 40.5 Å². The number of likely N-dealkylation sites (tertiary alicyclic amines) is 1. The SMILES string of the molecule is CC(=O)c1ccccc1NC(=O)C1CCCN1C(=O)c1cc(Cl)ccc1Cl. The Morgan fingerprint density at radius 2 is 1.81 bits per heavy atom. The van der Waals surface area contributed by atoms with Gasteiger partial charge in [0, 0.05) is 17.1 Å². The fourth-order valence-electron chi connectivity index (χ4n) is 3.21. The van der Waals surface area contributed by atoms with Gasteiger partial charge in [0.2, 0.25) is 5.91 Å². The third-order valence-corrected chi connectivity index (χ3v) is 5.10. The van der Waals surface area contributed by atoms with Gasteiger partial charge in [0.25, 0.3) is 5.91 Å². The van der Waals surface area contributed by atoms with Gasteiger partial charge in [-0.3, -0.25) is 14.4 Å². The van der Waals surface area contributed by atoms with E-state index in [1.165, 1.54) is 17.9 Å². The second kappa shape index (κ2) is 8.11. The Kier molecular flexibility index (Phi) is 5.82. The zero-order valence-corrected chi connectivity index (χ0v) is 16.2. The molecule has 1 fully saturated rings. The first-order valence-electron chi connectivity index (χ1n) is 8.55. The lowest BCUT2D eigenvalue weighted by Crippen LogP contribution is -2.43. The van der Waals surface area contributed by atoms with Crippen molar-refractivity contribution in [2.24, 2.45) is 0 Å². The summed E-state index contributed by atoms with van der Waals surface area (Å²) in [5, 5.41) is 3.47. The summed E-state index contributed by atoms with van der Waals surface area (Å²) in [6, 6.07) is 10.8. The number of carbonyl (C=O) groups is 3. The molecule has 1 heterocycles. The molecule has 1 unspecified atom stereocenters. The molecule has 1 atom stereocenters. The van der Waals surface area contributed by atoms with Crippen LogP contribution in [0.4, 0.5) is 5.69 Å². The summed E-state index contributed by atoms with van der Waals surface area (Å²) in [5.74, 6) is -0.802. The van der Waals surface area contributed by atoms with E-state index in [2.05, 4.69) is 5.32 Å². The van der Waals surface area contributed by atoms with Crippen molar-refractivity contribution in [1.82, 2.24) is 4.90 Å². The summed E-state index contributed by atoms with van der Waals surface area (Å²) < 4.78 is 0. The molecule has 0 aromatic heterocycles. The van der Waals surface area contributed by atoms with Crippen molar-refractivity contribution in [1.29, 1.82) is 0 Å². The summed E-state index contributed by atoms with van der Waals surface area (Å²) in [6.07, 6.45) is 1.24. The Balaban J connectivity index is 1.82. The van der Waals surface area contributed by atoms with Crippen LogP contribution >= 0.6 is 23.2 Å². The topological polar surface area (TPSA) is 66.5 Å². The van der Waals surface area contributed by atoms with Crippen LogP contribution in [-0.4, -0.2) is 35.1 Å². The number of halogens is 2. The standard InChI is InChI=1S/C20H18Cl2N2O3/c1-12(25)14-5-2-3-6-17(14)23-19(26)18-7-4-10-24(18)20(27)15-11-13(21)8-9-16(15)22/h2-3,5-6,8-9,11,18H,4,7,10H2,1H3,(H,23,26). The predicted molar refractivity (Wildman–Crippen MR) is 106 cm³/mol. The minimum atomic E-state index is -0.632. The van der Waals surface area contributed by atoms with Crippen LogP contribution in [-0.2, 0) is 4.79 Å². The lowest BCUT2D eigenvalue weighted by Gasteiger charge is -2.25. The van der Waals surface area contributed by atoms with Crippen molar-refractivity contribution < 1.29 is 14.4 Å². The van der Waals surface area contributed by atoms with Crippen molar-refractivity contribution in [3.05, 3.63) is 63.6 Å². The first-order chi connectivity index (χ1) is 12.9. The van der Waals surface area contributed by atoms with Gasteiger partial charge in [-0.1, -0.05) is 35.3 Å². The molecule has 27 heavy (non-hydrogen) atoms. The normalized spacial score (nSPS) is 16.3. The second-order valence-electron chi connectivity index (χ2n) is 6.37. The van der Waals surface area contributed by atoms with Crippen LogP contribution in [0.3, 0.4) is 0 Å². The van der Waals surface area contributed by atoms with Gasteiger partial charge in [-0.25, -0.2) is 0 Å². The van der Waals surface area contributed by atoms with Gasteiger partial charge >= 0.3 is 0 Å². The van der Waals surface area contributed by atoms with Gasteiger partial charge < -0.3 is 10.2 Å². The molecule has 2 aromatic carbocycles. The molecule has 7 heteroatoms. The maximum atomic E-state index is 12.9. The Bertz CT molecular complexity index is 914. The van der Waals surface area contributed by atoms with E-state index in [4.69, 9.17) is 23.2 Å². The van der Waals surface area contributed by atoms with Gasteiger partial charge in [0.1, 0.15) is 6.04 Å². The maximum absolute atomic E-state index is 12.9. The Morgan fingerprint density at radius 3 is 2.56 bits per heavy atom. The average molecular weight is 405 g/mol. The lowest BCUT2D eigenvalue weighted by molar-refractivity contribution is -0.119. The summed E-state index contributed by atoms with van der Waals surface area (Å²) in [6.45, 7) is 1.89. The first kappa shape index (κ1) is 19.4. The molecule has 1 aliphatic heterocycles. The number of nitrogens with zero attached hydrogens (tertiary/aromatic N) is 1. The lowest BCUT2D eigenvalue weighted by atomic mass is 10.1. The number of Topliss-reactive ketones (excluding diaryl/α,β-unsaturated/α-hetero) is 1. The van der Waals surface area contributed by atoms with Crippen LogP contribution in [0.5, 0.6) is 0 Å². The van der Waals surface area contributed by atoms with E-state index in [9.17, 15) is 14.4 Å². The quantitative estimate of drug-likeness (QED) is 0.765. The molecule has 1 saturated heterocycles. The fourth-order valence-corrected chi connectivity index (χ4v) is 3.58. The summed E-state index contributed by atoms with van der Waals surface area (Å²) in [7, 11) is 0. The highest BCUT2D eigenvalue weighted by Gasteiger charge is 2.35. The average Bonchev–Trinajstić information content (AvgIpc) is 3.13. The van der Waals surface area contributed by atoms with Gasteiger partial charge in [-0.15, -0.1) is 0 Å². The number of hydrogen-bond donors (Lipinski definition) is 1. The van der Waals surface area contributed by atoms with E-state index in [1.807, 2.05) is 0 Å². The van der Waals surface area contributed by atoms with E-state index in [0.29, 0.717) is 35.7 Å². The van der Waals surface area contributed by atoms with Crippen molar-refractivity contribution in [3.8, 4) is 0 Å². The third-order valence-electron chi connectivity index (χ3n) is 4.54. The molecule has 0 aliphatic carbocycles. The molecule has 0 spiro atoms. The highest BCUT2D eigenvalue weighted by atomic mass is 35.5. The maximum Gasteiger partial charge on any atom is 0.256 e. The summed E-state index contributed by atoms with van der Waals surface area (Å²) in [5.41, 5.74) is 1.14. The van der Waals surface area contributed by atoms with Crippen molar-refractivity contribution in [2.45, 2.75) is 25.8 Å². The molecule has 0 bridgehead atoms. The van der Waals surface area contributed by atoms with Crippen molar-refractivity contribution in [3.63, 3.8) is 0 Å². The zero-order valence-electron chi connectivity index (χ0n) is 14.7. The molecule has 140 valence electrons. The highest BCUT2D eigenvalue weighted by Crippen LogP contribution is 2.27. The Morgan fingerprint density at radius 1 is 1.07 bits per heavy atom. The van der Waals surface area contributed by atoms with Crippen LogP contribution < -0.4 is 5.32 Å². The monoisotopic (exact) mass is 404 g/mol. The van der Waals surface area contributed by atoms with E-state index >= 15 is 0 Å². The van der Waals surface area contributed by atoms with E-state index in [1.54, 1.807) is 36.4 Å². The first-order valence-corrected chi connectivity index (χ1v) is 9.31. The number of amides is 2. The minimum absolute atomic E-state index is 0.143. The largest absolute Gasteiger partial charge is 0.327 e. The van der Waals surface area contributed by atoms with Gasteiger partial charge in [0.15, 0.2) is 5.78 Å². The molecule has 0 saturated carbocycles. The number of rotatable bonds is 4. The number of nitrogens with one attached hydrogen (secondary N) is 1. The molecule has 5 nitrogen and oxygen atoms in total. The minimum Gasteiger partial charge on any atom is -0.327 e. The van der Waals surface area contributed by atoms with Crippen LogP contribution in [0.2, 0.25) is 10.0 Å². The number of carbonyl (C=O) groups excluding carboxylic acids is 3. The summed E-state index contributed by atoms with van der Waals surface area (Å²) in [4.78, 5) is 39.0. The fraction of sp³-hybridized carbons (Fsp3) is 0.250. The van der Waals surface area contributed by atoms with Crippen molar-refractivity contribution >= 4 is 46.5 Å². The van der Waals surface area contributed by atoms with Gasteiger partial charge in [-0.2, -0.15) is 0 Å². The van der Waals surface area contributed by atoms with Crippen LogP contribution in [0.25, 0.3) is 0 Å². The van der Waals surface area contributed by atoms with Gasteiger partial charge in [-0.05, 0) is 50.1 Å². The zero-order chi connectivity index (χ0) is 19.6. The van der Waals surface area contributed by atoms with E-state index in [-0.39, 0.29) is 28.2 Å². The molecule has 1 N–H and O–H groups in total. The van der Waals surface area contributed by atoms with Crippen molar-refractivity contribution in [2.75, 3.05) is 11.9 Å². The van der Waals surface area contributed by atoms with Gasteiger partial charge in [0.05, 0.1) is 16.3 Å². The van der Waals surface area contributed by atoms with E-state index < -0.39 is 6.04 Å². The molecular formula is C20H18Cl2N2O3. The molecule has 2 aromatic rings. The molecule has 0 radical (unpaired) electrons. The van der Waals surface area contributed by atoms with Crippen LogP contribution in [0.15, 0.2) is 42.5 Å². The molecular weight excluding hydrogens is 387 g/mol. The number of hydrogen-bond acceptors (Lipinski definition) is 3.